The highest BCUT2D eigenvalue weighted by atomic mass is 19.1. The molecule has 0 fully saturated rings. The summed E-state index contributed by atoms with van der Waals surface area (Å²) in [5, 5.41) is 10.2. The zero-order valence-corrected chi connectivity index (χ0v) is 17.8. The van der Waals surface area contributed by atoms with Gasteiger partial charge in [-0.15, -0.1) is 0 Å². The predicted octanol–water partition coefficient (Wildman–Crippen LogP) is 3.45. The summed E-state index contributed by atoms with van der Waals surface area (Å²) in [5.41, 5.74) is -1.01. The zero-order chi connectivity index (χ0) is 23.1. The van der Waals surface area contributed by atoms with E-state index in [1.54, 1.807) is 43.3 Å². The molecule has 1 heterocycles. The Morgan fingerprint density at radius 2 is 1.62 bits per heavy atom. The number of carboxylic acids is 1. The molecule has 0 bridgehead atoms. The standard InChI is InChI=1S/C23H23FN2O6/c1-4-31-23(15-9-6-5-7-10-15,16-11-8-12-17(24)13-16)20(21(27)28)32-22-25-18(29-2)14-19(26-22)30-3/h5-14,20H,4H2,1-3H3,(H,27,28). The third-order valence-electron chi connectivity index (χ3n) is 4.72. The smallest absolute Gasteiger partial charge is 0.348 e. The molecule has 2 unspecified atom stereocenters. The minimum absolute atomic E-state index is 0.112. The third-order valence-corrected chi connectivity index (χ3v) is 4.72. The number of halogens is 1. The molecule has 2 atom stereocenters. The van der Waals surface area contributed by atoms with Crippen LogP contribution in [0, 0.1) is 5.82 Å². The monoisotopic (exact) mass is 442 g/mol. The topological polar surface area (TPSA) is 100 Å². The molecule has 0 radical (unpaired) electrons. The summed E-state index contributed by atoms with van der Waals surface area (Å²) in [5.74, 6) is -1.69. The van der Waals surface area contributed by atoms with E-state index in [2.05, 4.69) is 9.97 Å². The molecule has 0 amide bonds. The highest BCUT2D eigenvalue weighted by Crippen LogP contribution is 2.39. The summed E-state index contributed by atoms with van der Waals surface area (Å²) < 4.78 is 36.4. The lowest BCUT2D eigenvalue weighted by molar-refractivity contribution is -0.163. The summed E-state index contributed by atoms with van der Waals surface area (Å²) in [4.78, 5) is 20.7. The molecule has 3 rings (SSSR count). The van der Waals surface area contributed by atoms with Crippen LogP contribution in [-0.2, 0) is 15.1 Å². The van der Waals surface area contributed by atoms with Gasteiger partial charge in [-0.3, -0.25) is 0 Å². The van der Waals surface area contributed by atoms with E-state index < -0.39 is 23.5 Å². The van der Waals surface area contributed by atoms with Crippen LogP contribution in [0.25, 0.3) is 0 Å². The second-order valence-corrected chi connectivity index (χ2v) is 6.62. The van der Waals surface area contributed by atoms with Crippen molar-refractivity contribution in [2.45, 2.75) is 18.6 Å². The van der Waals surface area contributed by atoms with Gasteiger partial charge in [0.15, 0.2) is 5.60 Å². The Hall–Kier alpha value is -3.72. The van der Waals surface area contributed by atoms with Crippen LogP contribution in [0.2, 0.25) is 0 Å². The van der Waals surface area contributed by atoms with Crippen LogP contribution < -0.4 is 14.2 Å². The van der Waals surface area contributed by atoms with Crippen molar-refractivity contribution in [1.29, 1.82) is 0 Å². The fourth-order valence-corrected chi connectivity index (χ4v) is 3.40. The molecular formula is C23H23FN2O6. The van der Waals surface area contributed by atoms with Crippen LogP contribution in [0.4, 0.5) is 4.39 Å². The molecule has 0 spiro atoms. The Morgan fingerprint density at radius 1 is 1.00 bits per heavy atom. The molecule has 3 aromatic rings. The number of benzene rings is 2. The van der Waals surface area contributed by atoms with E-state index in [0.29, 0.717) is 5.56 Å². The first kappa shape index (κ1) is 23.0. The average Bonchev–Trinajstić information content (AvgIpc) is 2.81. The highest BCUT2D eigenvalue weighted by Gasteiger charge is 2.50. The number of hydrogen-bond donors (Lipinski definition) is 1. The summed E-state index contributed by atoms with van der Waals surface area (Å²) in [6.07, 6.45) is -1.69. The van der Waals surface area contributed by atoms with E-state index in [0.717, 1.165) is 0 Å². The Bertz CT molecular complexity index is 1040. The lowest BCUT2D eigenvalue weighted by Gasteiger charge is -2.38. The Morgan fingerprint density at radius 3 is 2.16 bits per heavy atom. The largest absolute Gasteiger partial charge is 0.481 e. The van der Waals surface area contributed by atoms with Gasteiger partial charge in [0.25, 0.3) is 0 Å². The Labute approximate surface area is 184 Å². The van der Waals surface area contributed by atoms with Crippen LogP contribution in [0.3, 0.4) is 0 Å². The van der Waals surface area contributed by atoms with E-state index in [1.165, 1.54) is 38.5 Å². The van der Waals surface area contributed by atoms with Gasteiger partial charge in [-0.05, 0) is 30.2 Å². The van der Waals surface area contributed by atoms with Crippen molar-refractivity contribution in [3.8, 4) is 17.8 Å². The number of carbonyl (C=O) groups is 1. The SMILES string of the molecule is CCOC(c1ccccc1)(c1cccc(F)c1)C(Oc1nc(OC)cc(OC)n1)C(=O)O. The first-order valence-electron chi connectivity index (χ1n) is 9.76. The molecular weight excluding hydrogens is 419 g/mol. The molecule has 0 saturated heterocycles. The number of methoxy groups -OCH3 is 2. The molecule has 0 aliphatic rings. The van der Waals surface area contributed by atoms with Crippen LogP contribution in [-0.4, -0.2) is 48.0 Å². The van der Waals surface area contributed by atoms with Crippen molar-refractivity contribution >= 4 is 5.97 Å². The van der Waals surface area contributed by atoms with Crippen LogP contribution >= 0.6 is 0 Å². The van der Waals surface area contributed by atoms with Gasteiger partial charge >= 0.3 is 12.0 Å². The minimum atomic E-state index is -1.72. The van der Waals surface area contributed by atoms with Gasteiger partial charge in [-0.1, -0.05) is 42.5 Å². The summed E-state index contributed by atoms with van der Waals surface area (Å²) >= 11 is 0. The number of aliphatic carboxylic acids is 1. The van der Waals surface area contributed by atoms with Crippen molar-refractivity contribution in [3.63, 3.8) is 0 Å². The fraction of sp³-hybridized carbons (Fsp3) is 0.261. The van der Waals surface area contributed by atoms with Gasteiger partial charge in [0.05, 0.1) is 20.3 Å². The van der Waals surface area contributed by atoms with Gasteiger partial charge in [0.2, 0.25) is 17.9 Å². The molecule has 1 aromatic heterocycles. The van der Waals surface area contributed by atoms with Gasteiger partial charge in [-0.25, -0.2) is 9.18 Å². The minimum Gasteiger partial charge on any atom is -0.481 e. The van der Waals surface area contributed by atoms with E-state index in [9.17, 15) is 14.3 Å². The van der Waals surface area contributed by atoms with Crippen molar-refractivity contribution in [2.75, 3.05) is 20.8 Å². The van der Waals surface area contributed by atoms with Gasteiger partial charge in [0, 0.05) is 6.61 Å². The first-order chi connectivity index (χ1) is 15.4. The van der Waals surface area contributed by atoms with Crippen LogP contribution in [0.15, 0.2) is 60.7 Å². The summed E-state index contributed by atoms with van der Waals surface area (Å²) in [6, 6.07) is 15.3. The summed E-state index contributed by atoms with van der Waals surface area (Å²) in [6.45, 7) is 1.82. The van der Waals surface area contributed by atoms with Crippen molar-refractivity contribution in [3.05, 3.63) is 77.6 Å². The summed E-state index contributed by atoms with van der Waals surface area (Å²) in [7, 11) is 2.78. The first-order valence-corrected chi connectivity index (χ1v) is 9.76. The third kappa shape index (κ3) is 4.62. The van der Waals surface area contributed by atoms with Gasteiger partial charge in [-0.2, -0.15) is 9.97 Å². The predicted molar refractivity (Wildman–Crippen MR) is 112 cm³/mol. The molecule has 0 aliphatic carbocycles. The van der Waals surface area contributed by atoms with Gasteiger partial charge in [0.1, 0.15) is 5.82 Å². The molecule has 168 valence electrons. The van der Waals surface area contributed by atoms with Crippen molar-refractivity contribution in [2.24, 2.45) is 0 Å². The number of hydrogen-bond acceptors (Lipinski definition) is 7. The normalized spacial score (nSPS) is 13.6. The second-order valence-electron chi connectivity index (χ2n) is 6.62. The molecule has 0 aliphatic heterocycles. The maximum absolute atomic E-state index is 14.2. The lowest BCUT2D eigenvalue weighted by atomic mass is 9.81. The van der Waals surface area contributed by atoms with Crippen molar-refractivity contribution < 1.29 is 33.2 Å². The Balaban J connectivity index is 2.24. The van der Waals surface area contributed by atoms with E-state index in [4.69, 9.17) is 18.9 Å². The van der Waals surface area contributed by atoms with E-state index in [1.807, 2.05) is 0 Å². The van der Waals surface area contributed by atoms with Crippen molar-refractivity contribution in [1.82, 2.24) is 9.97 Å². The zero-order valence-electron chi connectivity index (χ0n) is 17.8. The number of nitrogens with zero attached hydrogens (tertiary/aromatic N) is 2. The fourth-order valence-electron chi connectivity index (χ4n) is 3.40. The number of carboxylic acid groups (broad SMARTS) is 1. The molecule has 2 aromatic carbocycles. The number of ether oxygens (including phenoxy) is 4. The molecule has 1 N–H and O–H groups in total. The second kappa shape index (κ2) is 10.1. The highest BCUT2D eigenvalue weighted by molar-refractivity contribution is 5.76. The number of rotatable bonds is 10. The molecule has 9 heteroatoms. The van der Waals surface area contributed by atoms with E-state index in [-0.39, 0.29) is 29.9 Å². The quantitative estimate of drug-likeness (QED) is 0.510. The van der Waals surface area contributed by atoms with E-state index >= 15 is 0 Å². The Kier molecular flexibility index (Phi) is 7.21. The lowest BCUT2D eigenvalue weighted by Crippen LogP contribution is -2.51. The molecule has 32 heavy (non-hydrogen) atoms. The maximum Gasteiger partial charge on any atom is 0.348 e. The molecule has 0 saturated carbocycles. The maximum atomic E-state index is 14.2. The number of aromatic nitrogens is 2. The van der Waals surface area contributed by atoms with Gasteiger partial charge < -0.3 is 24.1 Å². The van der Waals surface area contributed by atoms with Crippen LogP contribution in [0.1, 0.15) is 18.1 Å². The molecule has 8 nitrogen and oxygen atoms in total. The van der Waals surface area contributed by atoms with Crippen LogP contribution in [0.5, 0.6) is 17.8 Å². The average molecular weight is 442 g/mol.